The van der Waals surface area contributed by atoms with Gasteiger partial charge >= 0.3 is 5.97 Å². The summed E-state index contributed by atoms with van der Waals surface area (Å²) in [5.41, 5.74) is 5.34. The highest BCUT2D eigenvalue weighted by Crippen LogP contribution is 2.17. The summed E-state index contributed by atoms with van der Waals surface area (Å²) in [5, 5.41) is 9.21. The Balaban J connectivity index is 2.35. The van der Waals surface area contributed by atoms with Crippen molar-refractivity contribution in [2.24, 2.45) is 5.73 Å². The normalized spacial score (nSPS) is 28.5. The second-order valence-corrected chi connectivity index (χ2v) is 2.60. The summed E-state index contributed by atoms with van der Waals surface area (Å²) >= 11 is 0. The van der Waals surface area contributed by atoms with Crippen LogP contribution in [-0.4, -0.2) is 40.7 Å². The molecule has 12 heavy (non-hydrogen) atoms. The van der Waals surface area contributed by atoms with Gasteiger partial charge in [-0.25, -0.2) is 9.86 Å². The lowest BCUT2D eigenvalue weighted by molar-refractivity contribution is -0.230. The van der Waals surface area contributed by atoms with Crippen molar-refractivity contribution in [1.82, 2.24) is 5.06 Å². The first kappa shape index (κ1) is 8.95. The van der Waals surface area contributed by atoms with Crippen LogP contribution < -0.4 is 5.73 Å². The molecule has 0 aromatic rings. The van der Waals surface area contributed by atoms with E-state index in [0.717, 1.165) is 5.06 Å². The van der Waals surface area contributed by atoms with Gasteiger partial charge in [0.15, 0.2) is 6.61 Å². The number of hydroxylamine groups is 2. The van der Waals surface area contributed by atoms with Crippen LogP contribution in [0, 0.1) is 0 Å². The van der Waals surface area contributed by atoms with Crippen molar-refractivity contribution >= 4 is 11.9 Å². The Morgan fingerprint density at radius 2 is 2.42 bits per heavy atom. The summed E-state index contributed by atoms with van der Waals surface area (Å²) < 4.78 is 0. The van der Waals surface area contributed by atoms with Gasteiger partial charge in [-0.3, -0.25) is 9.63 Å². The molecule has 1 aliphatic heterocycles. The molecule has 0 aliphatic carbocycles. The van der Waals surface area contributed by atoms with Gasteiger partial charge in [-0.15, -0.1) is 0 Å². The van der Waals surface area contributed by atoms with Gasteiger partial charge in [0.1, 0.15) is 6.04 Å². The third-order valence-electron chi connectivity index (χ3n) is 1.72. The zero-order chi connectivity index (χ0) is 9.30. The molecule has 0 saturated carbocycles. The smallest absolute Gasteiger partial charge is 0.332 e. The van der Waals surface area contributed by atoms with Crippen molar-refractivity contribution < 1.29 is 19.5 Å². The van der Waals surface area contributed by atoms with Crippen LogP contribution in [-0.2, 0) is 14.4 Å². The number of carbonyl (C=O) groups is 2. The van der Waals surface area contributed by atoms with E-state index in [9.17, 15) is 9.59 Å². The fourth-order valence-corrected chi connectivity index (χ4v) is 0.924. The maximum atomic E-state index is 10.9. The molecule has 1 fully saturated rings. The van der Waals surface area contributed by atoms with Crippen LogP contribution in [0.3, 0.4) is 0 Å². The fourth-order valence-electron chi connectivity index (χ4n) is 0.924. The highest BCUT2D eigenvalue weighted by Gasteiger charge is 2.43. The zero-order valence-corrected chi connectivity index (χ0v) is 6.56. The topological polar surface area (TPSA) is 92.9 Å². The van der Waals surface area contributed by atoms with Crippen molar-refractivity contribution in [2.75, 3.05) is 6.61 Å². The molecule has 6 heteroatoms. The van der Waals surface area contributed by atoms with E-state index in [1.165, 1.54) is 0 Å². The number of aliphatic carboxylic acids is 1. The summed E-state index contributed by atoms with van der Waals surface area (Å²) in [7, 11) is 0. The number of hydrogen-bond donors (Lipinski definition) is 2. The molecule has 68 valence electrons. The Morgan fingerprint density at radius 3 is 2.83 bits per heavy atom. The molecule has 6 nitrogen and oxygen atoms in total. The standard InChI is InChI=1S/C6H10N2O4/c1-3-5(7)6(11)8(3)12-2-4(9)10/h3,5H,2,7H2,1H3,(H,9,10)/t3?,5-/m0/s1. The fraction of sp³-hybridized carbons (Fsp3) is 0.667. The first-order valence-electron chi connectivity index (χ1n) is 3.47. The van der Waals surface area contributed by atoms with E-state index in [1.54, 1.807) is 6.92 Å². The minimum Gasteiger partial charge on any atom is -0.479 e. The Kier molecular flexibility index (Phi) is 2.30. The third kappa shape index (κ3) is 1.39. The van der Waals surface area contributed by atoms with Crippen LogP contribution in [0.15, 0.2) is 0 Å². The first-order valence-corrected chi connectivity index (χ1v) is 3.47. The van der Waals surface area contributed by atoms with Crippen LogP contribution in [0.4, 0.5) is 0 Å². The summed E-state index contributed by atoms with van der Waals surface area (Å²) in [6.45, 7) is 1.18. The first-order chi connectivity index (χ1) is 5.54. The second kappa shape index (κ2) is 3.08. The third-order valence-corrected chi connectivity index (χ3v) is 1.72. The van der Waals surface area contributed by atoms with Crippen molar-refractivity contribution in [1.29, 1.82) is 0 Å². The number of carbonyl (C=O) groups excluding carboxylic acids is 1. The highest BCUT2D eigenvalue weighted by atomic mass is 16.7. The van der Waals surface area contributed by atoms with Gasteiger partial charge in [0.05, 0.1) is 6.04 Å². The maximum absolute atomic E-state index is 10.9. The van der Waals surface area contributed by atoms with Crippen molar-refractivity contribution in [2.45, 2.75) is 19.0 Å². The Bertz CT molecular complexity index is 218. The average molecular weight is 174 g/mol. The van der Waals surface area contributed by atoms with Crippen LogP contribution in [0.2, 0.25) is 0 Å². The predicted octanol–water partition coefficient (Wildman–Crippen LogP) is -1.44. The summed E-state index contributed by atoms with van der Waals surface area (Å²) in [4.78, 5) is 25.6. The minimum absolute atomic E-state index is 0.239. The van der Waals surface area contributed by atoms with E-state index in [2.05, 4.69) is 4.84 Å². The molecule has 1 amide bonds. The quantitative estimate of drug-likeness (QED) is 0.511. The van der Waals surface area contributed by atoms with E-state index in [4.69, 9.17) is 10.8 Å². The van der Waals surface area contributed by atoms with Crippen LogP contribution in [0.25, 0.3) is 0 Å². The van der Waals surface area contributed by atoms with Crippen molar-refractivity contribution in [3.8, 4) is 0 Å². The van der Waals surface area contributed by atoms with Crippen LogP contribution in [0.5, 0.6) is 0 Å². The number of hydrogen-bond acceptors (Lipinski definition) is 4. The Hall–Kier alpha value is -1.14. The zero-order valence-electron chi connectivity index (χ0n) is 6.56. The van der Waals surface area contributed by atoms with Gasteiger partial charge in [-0.1, -0.05) is 0 Å². The largest absolute Gasteiger partial charge is 0.479 e. The van der Waals surface area contributed by atoms with Crippen LogP contribution in [0.1, 0.15) is 6.92 Å². The van der Waals surface area contributed by atoms with Gasteiger partial charge in [0.25, 0.3) is 5.91 Å². The number of carboxylic acid groups (broad SMARTS) is 1. The van der Waals surface area contributed by atoms with Crippen molar-refractivity contribution in [3.63, 3.8) is 0 Å². The van der Waals surface area contributed by atoms with E-state index < -0.39 is 18.6 Å². The predicted molar refractivity (Wildman–Crippen MR) is 37.9 cm³/mol. The molecule has 0 spiro atoms. The van der Waals surface area contributed by atoms with E-state index in [1.807, 2.05) is 0 Å². The number of rotatable bonds is 3. The molecule has 1 saturated heterocycles. The molecule has 0 aromatic carbocycles. The Morgan fingerprint density at radius 1 is 1.83 bits per heavy atom. The summed E-state index contributed by atoms with van der Waals surface area (Å²) in [6, 6.07) is -0.796. The molecule has 0 radical (unpaired) electrons. The number of nitrogens with two attached hydrogens (primary N) is 1. The lowest BCUT2D eigenvalue weighted by Gasteiger charge is -2.41. The molecule has 1 unspecified atom stereocenters. The van der Waals surface area contributed by atoms with E-state index >= 15 is 0 Å². The monoisotopic (exact) mass is 174 g/mol. The number of amides is 1. The molecular formula is C6H10N2O4. The second-order valence-electron chi connectivity index (χ2n) is 2.60. The molecule has 1 aliphatic rings. The average Bonchev–Trinajstić information content (AvgIpc) is 2.03. The molecule has 0 bridgehead atoms. The number of carboxylic acids is 1. The molecule has 2 atom stereocenters. The minimum atomic E-state index is -1.12. The van der Waals surface area contributed by atoms with Gasteiger partial charge in [-0.05, 0) is 6.92 Å². The van der Waals surface area contributed by atoms with Gasteiger partial charge in [-0.2, -0.15) is 0 Å². The summed E-state index contributed by atoms with van der Waals surface area (Å²) in [6.07, 6.45) is 0. The van der Waals surface area contributed by atoms with Gasteiger partial charge in [0.2, 0.25) is 0 Å². The highest BCUT2D eigenvalue weighted by molar-refractivity contribution is 5.88. The Labute approximate surface area is 68.8 Å². The van der Waals surface area contributed by atoms with Gasteiger partial charge < -0.3 is 10.8 Å². The van der Waals surface area contributed by atoms with Crippen LogP contribution >= 0.6 is 0 Å². The number of β-lactam (4-membered cyclic amide) rings is 1. The lowest BCUT2D eigenvalue weighted by atomic mass is 10.0. The lowest BCUT2D eigenvalue weighted by Crippen LogP contribution is -2.67. The SMILES string of the molecule is CC1[C@H](N)C(=O)N1OCC(=O)O. The molecule has 3 N–H and O–H groups in total. The molecule has 1 rings (SSSR count). The van der Waals surface area contributed by atoms with Crippen molar-refractivity contribution in [3.05, 3.63) is 0 Å². The van der Waals surface area contributed by atoms with E-state index in [-0.39, 0.29) is 11.9 Å². The molecule has 0 aromatic heterocycles. The van der Waals surface area contributed by atoms with E-state index in [0.29, 0.717) is 0 Å². The maximum Gasteiger partial charge on any atom is 0.332 e. The summed E-state index contributed by atoms with van der Waals surface area (Å²) in [5.74, 6) is -1.49. The molecular weight excluding hydrogens is 164 g/mol. The molecule has 1 heterocycles. The van der Waals surface area contributed by atoms with Gasteiger partial charge in [0, 0.05) is 0 Å². The number of nitrogens with zero attached hydrogens (tertiary/aromatic N) is 1.